The van der Waals surface area contributed by atoms with Gasteiger partial charge in [0.05, 0.1) is 6.54 Å². The molecule has 1 aliphatic rings. The van der Waals surface area contributed by atoms with Crippen molar-refractivity contribution in [1.29, 1.82) is 0 Å². The Morgan fingerprint density at radius 1 is 1.38 bits per heavy atom. The number of urea groups is 1. The Morgan fingerprint density at radius 3 is 2.67 bits per heavy atom. The SMILES string of the molecule is CCC(CC)NC(=O)N1CC[C@@](O)(c2ccccc2C)C1. The van der Waals surface area contributed by atoms with E-state index in [1.807, 2.05) is 31.2 Å². The maximum absolute atomic E-state index is 12.3. The van der Waals surface area contributed by atoms with Gasteiger partial charge in [0.25, 0.3) is 0 Å². The summed E-state index contributed by atoms with van der Waals surface area (Å²) < 4.78 is 0. The molecule has 21 heavy (non-hydrogen) atoms. The number of carbonyl (C=O) groups excluding carboxylic acids is 1. The van der Waals surface area contributed by atoms with Crippen molar-refractivity contribution in [3.8, 4) is 0 Å². The van der Waals surface area contributed by atoms with Gasteiger partial charge in [-0.15, -0.1) is 0 Å². The number of hydrogen-bond acceptors (Lipinski definition) is 2. The number of nitrogens with one attached hydrogen (secondary N) is 1. The molecule has 1 fully saturated rings. The molecule has 0 spiro atoms. The molecular weight excluding hydrogens is 264 g/mol. The highest BCUT2D eigenvalue weighted by atomic mass is 16.3. The molecule has 4 heteroatoms. The fourth-order valence-electron chi connectivity index (χ4n) is 3.04. The molecular formula is C17H26N2O2. The first-order valence-corrected chi connectivity index (χ1v) is 7.84. The minimum Gasteiger partial charge on any atom is -0.383 e. The van der Waals surface area contributed by atoms with E-state index in [-0.39, 0.29) is 12.1 Å². The lowest BCUT2D eigenvalue weighted by Gasteiger charge is -2.26. The standard InChI is InChI=1S/C17H26N2O2/c1-4-14(5-2)18-16(20)19-11-10-17(21,12-19)15-9-7-6-8-13(15)3/h6-9,14,21H,4-5,10-12H2,1-3H3,(H,18,20)/t17-/m0/s1. The van der Waals surface area contributed by atoms with Crippen molar-refractivity contribution >= 4 is 6.03 Å². The van der Waals surface area contributed by atoms with Crippen molar-refractivity contribution in [3.05, 3.63) is 35.4 Å². The highest BCUT2D eigenvalue weighted by Crippen LogP contribution is 2.33. The molecule has 1 aromatic carbocycles. The first-order chi connectivity index (χ1) is 10.00. The molecule has 0 aliphatic carbocycles. The van der Waals surface area contributed by atoms with Crippen LogP contribution in [0.1, 0.15) is 44.2 Å². The van der Waals surface area contributed by atoms with Crippen LogP contribution in [0.25, 0.3) is 0 Å². The van der Waals surface area contributed by atoms with E-state index >= 15 is 0 Å². The van der Waals surface area contributed by atoms with Crippen LogP contribution in [0.3, 0.4) is 0 Å². The molecule has 0 aromatic heterocycles. The number of amides is 2. The van der Waals surface area contributed by atoms with Gasteiger partial charge in [-0.25, -0.2) is 4.79 Å². The van der Waals surface area contributed by atoms with Gasteiger partial charge in [-0.3, -0.25) is 0 Å². The third kappa shape index (κ3) is 3.38. The van der Waals surface area contributed by atoms with Crippen molar-refractivity contribution in [2.45, 2.75) is 51.7 Å². The quantitative estimate of drug-likeness (QED) is 0.896. The predicted octanol–water partition coefficient (Wildman–Crippen LogP) is 2.79. The molecule has 2 amide bonds. The third-order valence-electron chi connectivity index (χ3n) is 4.49. The molecule has 0 bridgehead atoms. The molecule has 1 heterocycles. The van der Waals surface area contributed by atoms with Crippen LogP contribution in [0.15, 0.2) is 24.3 Å². The molecule has 0 unspecified atom stereocenters. The average Bonchev–Trinajstić information content (AvgIpc) is 2.88. The molecule has 2 N–H and O–H groups in total. The smallest absolute Gasteiger partial charge is 0.317 e. The Labute approximate surface area is 127 Å². The summed E-state index contributed by atoms with van der Waals surface area (Å²) in [6.07, 6.45) is 2.45. The second kappa shape index (κ2) is 6.48. The molecule has 116 valence electrons. The van der Waals surface area contributed by atoms with E-state index in [1.165, 1.54) is 0 Å². The van der Waals surface area contributed by atoms with Crippen molar-refractivity contribution in [2.75, 3.05) is 13.1 Å². The van der Waals surface area contributed by atoms with Gasteiger partial charge in [0.2, 0.25) is 0 Å². The fourth-order valence-corrected chi connectivity index (χ4v) is 3.04. The number of aryl methyl sites for hydroxylation is 1. The Balaban J connectivity index is 2.06. The Morgan fingerprint density at radius 2 is 2.05 bits per heavy atom. The Kier molecular flexibility index (Phi) is 4.88. The van der Waals surface area contributed by atoms with Gasteiger partial charge in [-0.2, -0.15) is 0 Å². The second-order valence-corrected chi connectivity index (χ2v) is 5.98. The van der Waals surface area contributed by atoms with E-state index < -0.39 is 5.60 Å². The van der Waals surface area contributed by atoms with E-state index in [2.05, 4.69) is 19.2 Å². The maximum Gasteiger partial charge on any atom is 0.317 e. The van der Waals surface area contributed by atoms with Crippen molar-refractivity contribution in [3.63, 3.8) is 0 Å². The van der Waals surface area contributed by atoms with Gasteiger partial charge in [0, 0.05) is 12.6 Å². The largest absolute Gasteiger partial charge is 0.383 e. The first kappa shape index (κ1) is 15.8. The van der Waals surface area contributed by atoms with Gasteiger partial charge in [0.1, 0.15) is 5.60 Å². The van der Waals surface area contributed by atoms with Gasteiger partial charge in [0.15, 0.2) is 0 Å². The molecule has 1 atom stereocenters. The van der Waals surface area contributed by atoms with E-state index in [0.717, 1.165) is 24.0 Å². The van der Waals surface area contributed by atoms with Crippen LogP contribution in [-0.2, 0) is 5.60 Å². The topological polar surface area (TPSA) is 52.6 Å². The first-order valence-electron chi connectivity index (χ1n) is 7.84. The molecule has 1 aliphatic heterocycles. The maximum atomic E-state index is 12.3. The number of benzene rings is 1. The molecule has 4 nitrogen and oxygen atoms in total. The average molecular weight is 290 g/mol. The zero-order valence-electron chi connectivity index (χ0n) is 13.2. The number of hydrogen-bond donors (Lipinski definition) is 2. The van der Waals surface area contributed by atoms with E-state index in [9.17, 15) is 9.90 Å². The van der Waals surface area contributed by atoms with Gasteiger partial charge < -0.3 is 15.3 Å². The molecule has 1 aromatic rings. The highest BCUT2D eigenvalue weighted by Gasteiger charge is 2.40. The Hall–Kier alpha value is -1.55. The normalized spacial score (nSPS) is 21.9. The summed E-state index contributed by atoms with van der Waals surface area (Å²) in [6, 6.07) is 8.01. The molecule has 0 radical (unpaired) electrons. The van der Waals surface area contributed by atoms with E-state index in [1.54, 1.807) is 4.90 Å². The van der Waals surface area contributed by atoms with Crippen LogP contribution >= 0.6 is 0 Å². The lowest BCUT2D eigenvalue weighted by molar-refractivity contribution is 0.0486. The second-order valence-electron chi connectivity index (χ2n) is 5.98. The molecule has 2 rings (SSSR count). The van der Waals surface area contributed by atoms with Gasteiger partial charge in [-0.05, 0) is 37.3 Å². The number of aliphatic hydroxyl groups is 1. The van der Waals surface area contributed by atoms with Gasteiger partial charge >= 0.3 is 6.03 Å². The van der Waals surface area contributed by atoms with Crippen LogP contribution in [0.5, 0.6) is 0 Å². The minimum absolute atomic E-state index is 0.0618. The van der Waals surface area contributed by atoms with E-state index in [4.69, 9.17) is 0 Å². The lowest BCUT2D eigenvalue weighted by Crippen LogP contribution is -2.44. The number of nitrogens with zero attached hydrogens (tertiary/aromatic N) is 1. The van der Waals surface area contributed by atoms with Crippen molar-refractivity contribution < 1.29 is 9.90 Å². The zero-order valence-corrected chi connectivity index (χ0v) is 13.2. The highest BCUT2D eigenvalue weighted by molar-refractivity contribution is 5.75. The number of rotatable bonds is 4. The van der Waals surface area contributed by atoms with Gasteiger partial charge in [-0.1, -0.05) is 38.1 Å². The van der Waals surface area contributed by atoms with Crippen molar-refractivity contribution in [2.24, 2.45) is 0 Å². The number of β-amino-alcohol motifs (C(OH)–C–C–N with tert-alkyl or cyclic N) is 1. The summed E-state index contributed by atoms with van der Waals surface area (Å²) in [5.74, 6) is 0. The molecule has 0 saturated carbocycles. The fraction of sp³-hybridized carbons (Fsp3) is 0.588. The lowest BCUT2D eigenvalue weighted by atomic mass is 9.89. The Bertz CT molecular complexity index is 499. The minimum atomic E-state index is -0.920. The summed E-state index contributed by atoms with van der Waals surface area (Å²) in [5.41, 5.74) is 1.08. The van der Waals surface area contributed by atoms with Crippen LogP contribution in [0, 0.1) is 6.92 Å². The molecule has 1 saturated heterocycles. The number of carbonyl (C=O) groups is 1. The van der Waals surface area contributed by atoms with Crippen LogP contribution in [0.4, 0.5) is 4.79 Å². The summed E-state index contributed by atoms with van der Waals surface area (Å²) in [7, 11) is 0. The monoisotopic (exact) mass is 290 g/mol. The summed E-state index contributed by atoms with van der Waals surface area (Å²) in [5, 5.41) is 13.9. The third-order valence-corrected chi connectivity index (χ3v) is 4.49. The van der Waals surface area contributed by atoms with Crippen LogP contribution in [0.2, 0.25) is 0 Å². The predicted molar refractivity (Wildman–Crippen MR) is 84.2 cm³/mol. The summed E-state index contributed by atoms with van der Waals surface area (Å²) >= 11 is 0. The van der Waals surface area contributed by atoms with Crippen LogP contribution < -0.4 is 5.32 Å². The summed E-state index contributed by atoms with van der Waals surface area (Å²) in [4.78, 5) is 14.0. The summed E-state index contributed by atoms with van der Waals surface area (Å²) in [6.45, 7) is 7.10. The van der Waals surface area contributed by atoms with E-state index in [0.29, 0.717) is 19.5 Å². The number of likely N-dealkylation sites (tertiary alicyclic amines) is 1. The van der Waals surface area contributed by atoms with Crippen LogP contribution in [-0.4, -0.2) is 35.2 Å². The zero-order chi connectivity index (χ0) is 15.5. The van der Waals surface area contributed by atoms with Crippen molar-refractivity contribution in [1.82, 2.24) is 10.2 Å².